The molecule has 0 aliphatic heterocycles. The van der Waals surface area contributed by atoms with Gasteiger partial charge in [-0.2, -0.15) is 0 Å². The molecular weight excluding hydrogens is 220 g/mol. The van der Waals surface area contributed by atoms with Crippen LogP contribution in [-0.2, 0) is 6.42 Å². The van der Waals surface area contributed by atoms with Gasteiger partial charge in [-0.05, 0) is 13.8 Å². The van der Waals surface area contributed by atoms with Crippen LogP contribution in [0.5, 0.6) is 0 Å². The minimum absolute atomic E-state index is 0.126. The van der Waals surface area contributed by atoms with Gasteiger partial charge in [-0.1, -0.05) is 0 Å². The van der Waals surface area contributed by atoms with Crippen LogP contribution in [0.25, 0.3) is 0 Å². The first kappa shape index (κ1) is 11.2. The average molecular weight is 234 g/mol. The van der Waals surface area contributed by atoms with E-state index in [9.17, 15) is 0 Å². The monoisotopic (exact) mass is 234 g/mol. The normalized spacial score (nSPS) is 12.7. The molecule has 0 saturated heterocycles. The van der Waals surface area contributed by atoms with Gasteiger partial charge in [0.2, 0.25) is 0 Å². The maximum atomic E-state index is 6.05. The van der Waals surface area contributed by atoms with E-state index in [1.165, 1.54) is 0 Å². The minimum atomic E-state index is -0.126. The Kier molecular flexibility index (Phi) is 3.26. The van der Waals surface area contributed by atoms with Gasteiger partial charge in [-0.3, -0.25) is 9.97 Å². The summed E-state index contributed by atoms with van der Waals surface area (Å²) in [6.45, 7) is 3.89. The lowest BCUT2D eigenvalue weighted by molar-refractivity contribution is 0.685. The molecule has 2 heterocycles. The molecule has 0 aliphatic rings. The van der Waals surface area contributed by atoms with Crippen LogP contribution in [0, 0.1) is 13.8 Å². The van der Waals surface area contributed by atoms with Crippen LogP contribution in [0.2, 0.25) is 0 Å². The second-order valence-corrected chi connectivity index (χ2v) is 4.72. The molecule has 84 valence electrons. The van der Waals surface area contributed by atoms with Crippen molar-refractivity contribution in [3.8, 4) is 0 Å². The first-order valence-corrected chi connectivity index (χ1v) is 5.98. The number of nitrogens with two attached hydrogens (primary N) is 1. The van der Waals surface area contributed by atoms with Crippen LogP contribution in [0.3, 0.4) is 0 Å². The van der Waals surface area contributed by atoms with Gasteiger partial charge in [0.25, 0.3) is 0 Å². The molecule has 0 radical (unpaired) electrons. The van der Waals surface area contributed by atoms with Crippen molar-refractivity contribution in [3.63, 3.8) is 0 Å². The molecule has 4 nitrogen and oxygen atoms in total. The number of aromatic nitrogens is 3. The smallest absolute Gasteiger partial charge is 0.0947 e. The molecule has 2 rings (SSSR count). The average Bonchev–Trinajstić information content (AvgIpc) is 2.65. The summed E-state index contributed by atoms with van der Waals surface area (Å²) in [4.78, 5) is 12.8. The maximum absolute atomic E-state index is 6.05. The van der Waals surface area contributed by atoms with Crippen molar-refractivity contribution >= 4 is 11.3 Å². The lowest BCUT2D eigenvalue weighted by atomic mass is 10.1. The molecule has 16 heavy (non-hydrogen) atoms. The summed E-state index contributed by atoms with van der Waals surface area (Å²) in [5.74, 6) is 0. The highest BCUT2D eigenvalue weighted by atomic mass is 32.1. The lowest BCUT2D eigenvalue weighted by Gasteiger charge is -2.08. The van der Waals surface area contributed by atoms with E-state index in [1.54, 1.807) is 23.7 Å². The Bertz CT molecular complexity index is 463. The molecule has 0 fully saturated rings. The van der Waals surface area contributed by atoms with Gasteiger partial charge in [-0.25, -0.2) is 4.98 Å². The summed E-state index contributed by atoms with van der Waals surface area (Å²) in [6.07, 6.45) is 4.19. The molecule has 0 aliphatic carbocycles. The molecule has 2 aromatic rings. The first-order chi connectivity index (χ1) is 7.65. The predicted molar refractivity (Wildman–Crippen MR) is 64.3 cm³/mol. The number of hydrogen-bond donors (Lipinski definition) is 1. The van der Waals surface area contributed by atoms with E-state index in [2.05, 4.69) is 15.0 Å². The van der Waals surface area contributed by atoms with E-state index in [0.29, 0.717) is 0 Å². The van der Waals surface area contributed by atoms with Crippen molar-refractivity contribution in [1.29, 1.82) is 0 Å². The van der Waals surface area contributed by atoms with E-state index in [0.717, 1.165) is 28.5 Å². The van der Waals surface area contributed by atoms with Crippen molar-refractivity contribution in [1.82, 2.24) is 15.0 Å². The van der Waals surface area contributed by atoms with Crippen LogP contribution >= 0.6 is 11.3 Å². The Morgan fingerprint density at radius 1 is 1.25 bits per heavy atom. The second kappa shape index (κ2) is 4.67. The van der Waals surface area contributed by atoms with Crippen molar-refractivity contribution in [2.24, 2.45) is 5.73 Å². The van der Waals surface area contributed by atoms with Crippen molar-refractivity contribution in [2.75, 3.05) is 0 Å². The fourth-order valence-electron chi connectivity index (χ4n) is 1.38. The quantitative estimate of drug-likeness (QED) is 0.879. The molecule has 1 unspecified atom stereocenters. The fourth-order valence-corrected chi connectivity index (χ4v) is 2.21. The first-order valence-electron chi connectivity index (χ1n) is 5.10. The van der Waals surface area contributed by atoms with Gasteiger partial charge in [0.05, 0.1) is 28.6 Å². The minimum Gasteiger partial charge on any atom is -0.322 e. The third-order valence-corrected chi connectivity index (χ3v) is 3.23. The molecule has 0 aromatic carbocycles. The summed E-state index contributed by atoms with van der Waals surface area (Å²) in [5.41, 5.74) is 8.82. The van der Waals surface area contributed by atoms with Crippen LogP contribution in [0.4, 0.5) is 0 Å². The zero-order valence-corrected chi connectivity index (χ0v) is 10.2. The summed E-state index contributed by atoms with van der Waals surface area (Å²) in [5, 5.41) is 3.08. The summed E-state index contributed by atoms with van der Waals surface area (Å²) in [6, 6.07) is -0.126. The van der Waals surface area contributed by atoms with Crippen molar-refractivity contribution < 1.29 is 0 Å². The van der Waals surface area contributed by atoms with E-state index in [4.69, 9.17) is 5.73 Å². The summed E-state index contributed by atoms with van der Waals surface area (Å²) in [7, 11) is 0. The third-order valence-electron chi connectivity index (χ3n) is 2.24. The van der Waals surface area contributed by atoms with Gasteiger partial charge in [0, 0.05) is 23.7 Å². The van der Waals surface area contributed by atoms with E-state index >= 15 is 0 Å². The molecule has 2 aromatic heterocycles. The molecular formula is C11H14N4S. The van der Waals surface area contributed by atoms with Gasteiger partial charge < -0.3 is 5.73 Å². The summed E-state index contributed by atoms with van der Waals surface area (Å²) < 4.78 is 0. The van der Waals surface area contributed by atoms with Crippen LogP contribution in [0.15, 0.2) is 17.8 Å². The van der Waals surface area contributed by atoms with Crippen molar-refractivity contribution in [3.05, 3.63) is 39.9 Å². The highest BCUT2D eigenvalue weighted by molar-refractivity contribution is 7.09. The lowest BCUT2D eigenvalue weighted by Crippen LogP contribution is -2.15. The number of rotatable bonds is 3. The van der Waals surface area contributed by atoms with Gasteiger partial charge in [-0.15, -0.1) is 11.3 Å². The van der Waals surface area contributed by atoms with Gasteiger partial charge >= 0.3 is 0 Å². The van der Waals surface area contributed by atoms with Crippen molar-refractivity contribution in [2.45, 2.75) is 26.3 Å². The Labute approximate surface area is 98.6 Å². The number of aryl methyl sites for hydroxylation is 2. The van der Waals surface area contributed by atoms with Crippen LogP contribution < -0.4 is 5.73 Å². The van der Waals surface area contributed by atoms with E-state index in [1.807, 2.05) is 19.2 Å². The molecule has 0 spiro atoms. The highest BCUT2D eigenvalue weighted by Crippen LogP contribution is 2.16. The van der Waals surface area contributed by atoms with E-state index < -0.39 is 0 Å². The molecule has 0 amide bonds. The predicted octanol–water partition coefficient (Wildman–Crippen LogP) is 1.79. The fraction of sp³-hybridized carbons (Fsp3) is 0.364. The Balaban J connectivity index is 2.08. The maximum Gasteiger partial charge on any atom is 0.0947 e. The van der Waals surface area contributed by atoms with Gasteiger partial charge in [0.1, 0.15) is 0 Å². The van der Waals surface area contributed by atoms with E-state index in [-0.39, 0.29) is 6.04 Å². The molecule has 5 heteroatoms. The Morgan fingerprint density at radius 3 is 2.62 bits per heavy atom. The Hall–Kier alpha value is -1.33. The van der Waals surface area contributed by atoms with Gasteiger partial charge in [0.15, 0.2) is 0 Å². The zero-order valence-electron chi connectivity index (χ0n) is 9.34. The number of thiazole rings is 1. The highest BCUT2D eigenvalue weighted by Gasteiger charge is 2.10. The third kappa shape index (κ3) is 2.62. The number of nitrogens with zero attached hydrogens (tertiary/aromatic N) is 3. The standard InChI is InChI=1S/C11H14N4S/c1-7-4-14-10(5-13-7)9(12)3-11-15-8(2)6-16-11/h4-6,9H,3,12H2,1-2H3. The molecule has 1 atom stereocenters. The molecule has 0 saturated carbocycles. The SMILES string of the molecule is Cc1cnc(C(N)Cc2nc(C)cs2)cn1. The summed E-state index contributed by atoms with van der Waals surface area (Å²) >= 11 is 1.64. The van der Waals surface area contributed by atoms with Crippen LogP contribution in [-0.4, -0.2) is 15.0 Å². The van der Waals surface area contributed by atoms with Crippen LogP contribution in [0.1, 0.15) is 28.1 Å². The zero-order chi connectivity index (χ0) is 11.5. The second-order valence-electron chi connectivity index (χ2n) is 3.78. The molecule has 2 N–H and O–H groups in total. The largest absolute Gasteiger partial charge is 0.322 e. The number of hydrogen-bond acceptors (Lipinski definition) is 5. The topological polar surface area (TPSA) is 64.7 Å². The Morgan fingerprint density at radius 2 is 2.06 bits per heavy atom. The molecule has 0 bridgehead atoms.